The Morgan fingerprint density at radius 1 is 0.970 bits per heavy atom. The van der Waals surface area contributed by atoms with Crippen molar-refractivity contribution in [2.24, 2.45) is 0 Å². The predicted octanol–water partition coefficient (Wildman–Crippen LogP) is 4.62. The summed E-state index contributed by atoms with van der Waals surface area (Å²) in [6, 6.07) is 19.5. The molecule has 0 fully saturated rings. The van der Waals surface area contributed by atoms with E-state index in [-0.39, 0.29) is 18.7 Å². The standard InChI is InChI=1S/C27H25NO5/c1-30-23-15-20-12-13-28(26(29)11-9-18-8-10-22-25(14-18)33-17-32-22)27(19-6-4-3-5-7-19)21(20)16-24(23)31-2/h3-11,14-16,27H,12-13,17H2,1-2H3/b11-9+/t27-/m0/s1. The normalized spacial score (nSPS) is 16.5. The molecule has 2 aliphatic rings. The van der Waals surface area contributed by atoms with Crippen molar-refractivity contribution in [3.8, 4) is 23.0 Å². The Bertz CT molecular complexity index is 1200. The van der Waals surface area contributed by atoms with Crippen LogP contribution in [0.4, 0.5) is 0 Å². The number of methoxy groups -OCH3 is 2. The van der Waals surface area contributed by atoms with Gasteiger partial charge in [0, 0.05) is 12.6 Å². The first kappa shape index (κ1) is 20.9. The molecule has 2 heterocycles. The highest BCUT2D eigenvalue weighted by Gasteiger charge is 2.32. The fraction of sp³-hybridized carbons (Fsp3) is 0.222. The number of carbonyl (C=O) groups is 1. The Labute approximate surface area is 193 Å². The third-order valence-electron chi connectivity index (χ3n) is 6.09. The van der Waals surface area contributed by atoms with Gasteiger partial charge >= 0.3 is 0 Å². The molecule has 168 valence electrons. The summed E-state index contributed by atoms with van der Waals surface area (Å²) in [6.45, 7) is 0.827. The molecule has 0 spiro atoms. The number of fused-ring (bicyclic) bond motifs is 2. The van der Waals surface area contributed by atoms with Crippen LogP contribution < -0.4 is 18.9 Å². The van der Waals surface area contributed by atoms with Gasteiger partial charge in [0.1, 0.15) is 0 Å². The van der Waals surface area contributed by atoms with E-state index in [0.29, 0.717) is 23.8 Å². The molecule has 3 aromatic rings. The van der Waals surface area contributed by atoms with Crippen molar-refractivity contribution in [3.63, 3.8) is 0 Å². The summed E-state index contributed by atoms with van der Waals surface area (Å²) in [5.41, 5.74) is 4.14. The highest BCUT2D eigenvalue weighted by molar-refractivity contribution is 5.92. The molecule has 0 unspecified atom stereocenters. The van der Waals surface area contributed by atoms with Gasteiger partial charge in [0.15, 0.2) is 23.0 Å². The molecule has 5 rings (SSSR count). The van der Waals surface area contributed by atoms with Gasteiger partial charge in [-0.1, -0.05) is 36.4 Å². The van der Waals surface area contributed by atoms with E-state index >= 15 is 0 Å². The maximum Gasteiger partial charge on any atom is 0.247 e. The topological polar surface area (TPSA) is 57.2 Å². The van der Waals surface area contributed by atoms with Gasteiger partial charge in [-0.15, -0.1) is 0 Å². The molecule has 0 saturated carbocycles. The zero-order chi connectivity index (χ0) is 22.8. The lowest BCUT2D eigenvalue weighted by molar-refractivity contribution is -0.127. The Morgan fingerprint density at radius 2 is 1.73 bits per heavy atom. The van der Waals surface area contributed by atoms with E-state index in [9.17, 15) is 4.79 Å². The second-order valence-electron chi connectivity index (χ2n) is 7.95. The molecule has 2 aliphatic heterocycles. The van der Waals surface area contributed by atoms with Gasteiger partial charge in [0.25, 0.3) is 0 Å². The first-order chi connectivity index (χ1) is 16.2. The van der Waals surface area contributed by atoms with Crippen LogP contribution in [0.1, 0.15) is 28.3 Å². The lowest BCUT2D eigenvalue weighted by atomic mass is 9.87. The lowest BCUT2D eigenvalue weighted by Crippen LogP contribution is -2.39. The average Bonchev–Trinajstić information content (AvgIpc) is 3.34. The summed E-state index contributed by atoms with van der Waals surface area (Å²) in [5.74, 6) is 2.72. The van der Waals surface area contributed by atoms with E-state index in [2.05, 4.69) is 12.1 Å². The highest BCUT2D eigenvalue weighted by atomic mass is 16.7. The number of amides is 1. The Morgan fingerprint density at radius 3 is 2.52 bits per heavy atom. The zero-order valence-corrected chi connectivity index (χ0v) is 18.6. The van der Waals surface area contributed by atoms with Crippen LogP contribution in [-0.4, -0.2) is 38.4 Å². The van der Waals surface area contributed by atoms with Gasteiger partial charge in [-0.25, -0.2) is 0 Å². The van der Waals surface area contributed by atoms with E-state index in [1.54, 1.807) is 20.3 Å². The maximum absolute atomic E-state index is 13.4. The van der Waals surface area contributed by atoms with E-state index in [1.807, 2.05) is 59.5 Å². The average molecular weight is 443 g/mol. The smallest absolute Gasteiger partial charge is 0.247 e. The molecule has 0 radical (unpaired) electrons. The number of nitrogens with zero attached hydrogens (tertiary/aromatic N) is 1. The van der Waals surface area contributed by atoms with Crippen molar-refractivity contribution >= 4 is 12.0 Å². The summed E-state index contributed by atoms with van der Waals surface area (Å²) in [6.07, 6.45) is 4.18. The maximum atomic E-state index is 13.4. The number of hydrogen-bond acceptors (Lipinski definition) is 5. The van der Waals surface area contributed by atoms with Crippen LogP contribution in [0.25, 0.3) is 6.08 Å². The Hall–Kier alpha value is -3.93. The summed E-state index contributed by atoms with van der Waals surface area (Å²) < 4.78 is 21.9. The van der Waals surface area contributed by atoms with Gasteiger partial charge in [-0.2, -0.15) is 0 Å². The first-order valence-corrected chi connectivity index (χ1v) is 10.9. The molecule has 3 aromatic carbocycles. The lowest BCUT2D eigenvalue weighted by Gasteiger charge is -2.37. The summed E-state index contributed by atoms with van der Waals surface area (Å²) in [5, 5.41) is 0. The molecule has 33 heavy (non-hydrogen) atoms. The van der Waals surface area contributed by atoms with Crippen molar-refractivity contribution in [2.45, 2.75) is 12.5 Å². The summed E-state index contributed by atoms with van der Waals surface area (Å²) >= 11 is 0. The van der Waals surface area contributed by atoms with Crippen molar-refractivity contribution in [2.75, 3.05) is 27.6 Å². The van der Waals surface area contributed by atoms with Crippen LogP contribution in [0.15, 0.2) is 66.7 Å². The molecule has 0 saturated heterocycles. The SMILES string of the molecule is COc1cc2c(cc1OC)[C@H](c1ccccc1)N(C(=O)/C=C/c1ccc3c(c1)OCO3)CC2. The predicted molar refractivity (Wildman–Crippen MR) is 125 cm³/mol. The minimum atomic E-state index is -0.219. The third-order valence-corrected chi connectivity index (χ3v) is 6.09. The van der Waals surface area contributed by atoms with Crippen LogP contribution in [0.5, 0.6) is 23.0 Å². The minimum absolute atomic E-state index is 0.0537. The van der Waals surface area contributed by atoms with Crippen molar-refractivity contribution in [1.29, 1.82) is 0 Å². The van der Waals surface area contributed by atoms with Crippen LogP contribution in [0.2, 0.25) is 0 Å². The van der Waals surface area contributed by atoms with E-state index in [0.717, 1.165) is 34.4 Å². The molecule has 0 N–H and O–H groups in total. The second kappa shape index (κ2) is 8.90. The van der Waals surface area contributed by atoms with Gasteiger partial charge < -0.3 is 23.8 Å². The molecular formula is C27H25NO5. The second-order valence-corrected chi connectivity index (χ2v) is 7.95. The third kappa shape index (κ3) is 4.00. The monoisotopic (exact) mass is 443 g/mol. The van der Waals surface area contributed by atoms with E-state index in [1.165, 1.54) is 0 Å². The van der Waals surface area contributed by atoms with E-state index < -0.39 is 0 Å². The Balaban J connectivity index is 1.49. The molecule has 1 amide bonds. The molecule has 0 aliphatic carbocycles. The number of carbonyl (C=O) groups excluding carboxylic acids is 1. The van der Waals surface area contributed by atoms with Gasteiger partial charge in [0.2, 0.25) is 12.7 Å². The highest BCUT2D eigenvalue weighted by Crippen LogP contribution is 2.41. The zero-order valence-electron chi connectivity index (χ0n) is 18.6. The van der Waals surface area contributed by atoms with Crippen molar-refractivity contribution in [3.05, 3.63) is 89.0 Å². The molecule has 0 aromatic heterocycles. The van der Waals surface area contributed by atoms with Crippen molar-refractivity contribution < 1.29 is 23.7 Å². The van der Waals surface area contributed by atoms with Gasteiger partial charge in [-0.3, -0.25) is 4.79 Å². The fourth-order valence-corrected chi connectivity index (χ4v) is 4.46. The number of rotatable bonds is 5. The molecule has 6 nitrogen and oxygen atoms in total. The number of ether oxygens (including phenoxy) is 4. The van der Waals surface area contributed by atoms with Crippen molar-refractivity contribution in [1.82, 2.24) is 4.90 Å². The van der Waals surface area contributed by atoms with Crippen LogP contribution >= 0.6 is 0 Å². The van der Waals surface area contributed by atoms with Crippen LogP contribution in [-0.2, 0) is 11.2 Å². The summed E-state index contributed by atoms with van der Waals surface area (Å²) in [4.78, 5) is 15.3. The van der Waals surface area contributed by atoms with Crippen LogP contribution in [0, 0.1) is 0 Å². The van der Waals surface area contributed by atoms with Gasteiger partial charge in [0.05, 0.1) is 20.3 Å². The fourth-order valence-electron chi connectivity index (χ4n) is 4.46. The molecule has 6 heteroatoms. The first-order valence-electron chi connectivity index (χ1n) is 10.9. The molecule has 0 bridgehead atoms. The van der Waals surface area contributed by atoms with Crippen LogP contribution in [0.3, 0.4) is 0 Å². The largest absolute Gasteiger partial charge is 0.493 e. The minimum Gasteiger partial charge on any atom is -0.493 e. The van der Waals surface area contributed by atoms with Gasteiger partial charge in [-0.05, 0) is 59.0 Å². The number of hydrogen-bond donors (Lipinski definition) is 0. The molecular weight excluding hydrogens is 418 g/mol. The number of benzene rings is 3. The molecule has 1 atom stereocenters. The Kier molecular flexibility index (Phi) is 5.65. The quantitative estimate of drug-likeness (QED) is 0.539. The van der Waals surface area contributed by atoms with E-state index in [4.69, 9.17) is 18.9 Å². The summed E-state index contributed by atoms with van der Waals surface area (Å²) in [7, 11) is 3.26.